The van der Waals surface area contributed by atoms with Crippen molar-refractivity contribution in [3.05, 3.63) is 41.2 Å². The van der Waals surface area contributed by atoms with Gasteiger partial charge in [-0.05, 0) is 38.8 Å². The summed E-state index contributed by atoms with van der Waals surface area (Å²) in [6.07, 6.45) is 0.893. The van der Waals surface area contributed by atoms with Crippen LogP contribution >= 0.6 is 0 Å². The Labute approximate surface area is 155 Å². The van der Waals surface area contributed by atoms with Crippen LogP contribution in [0, 0.1) is 31.4 Å². The van der Waals surface area contributed by atoms with Crippen molar-refractivity contribution in [1.29, 1.82) is 0 Å². The van der Waals surface area contributed by atoms with Crippen LogP contribution in [0.25, 0.3) is 0 Å². The number of halogens is 2. The largest absolute Gasteiger partial charge is 0.321 e. The second-order valence-electron chi connectivity index (χ2n) is 6.55. The van der Waals surface area contributed by atoms with Crippen LogP contribution in [0.2, 0.25) is 0 Å². The van der Waals surface area contributed by atoms with E-state index in [0.717, 1.165) is 12.1 Å². The molecule has 1 atom stereocenters. The Bertz CT molecular complexity index is 935. The van der Waals surface area contributed by atoms with Crippen LogP contribution in [0.4, 0.5) is 14.5 Å². The van der Waals surface area contributed by atoms with Gasteiger partial charge in [-0.2, -0.15) is 9.40 Å². The molecule has 1 aromatic carbocycles. The Morgan fingerprint density at radius 1 is 1.30 bits per heavy atom. The molecular weight excluding hydrogens is 378 g/mol. The number of anilines is 1. The maximum atomic E-state index is 13.7. The molecule has 10 heteroatoms. The van der Waals surface area contributed by atoms with Crippen LogP contribution in [-0.2, 0) is 14.8 Å². The lowest BCUT2D eigenvalue weighted by Crippen LogP contribution is -2.44. The summed E-state index contributed by atoms with van der Waals surface area (Å²) in [5.74, 6) is -3.08. The number of amides is 1. The van der Waals surface area contributed by atoms with Gasteiger partial charge in [0.2, 0.25) is 15.9 Å². The number of hydrogen-bond acceptors (Lipinski definition) is 4. The number of piperidine rings is 1. The van der Waals surface area contributed by atoms with Crippen LogP contribution < -0.4 is 5.32 Å². The van der Waals surface area contributed by atoms with E-state index in [1.807, 2.05) is 0 Å². The van der Waals surface area contributed by atoms with Gasteiger partial charge in [-0.25, -0.2) is 17.2 Å². The minimum absolute atomic E-state index is 0.0612. The highest BCUT2D eigenvalue weighted by Crippen LogP contribution is 2.28. The average molecular weight is 398 g/mol. The highest BCUT2D eigenvalue weighted by atomic mass is 32.2. The molecule has 2 N–H and O–H groups in total. The van der Waals surface area contributed by atoms with Gasteiger partial charge in [-0.3, -0.25) is 9.89 Å². The molecule has 1 aliphatic rings. The molecule has 1 aromatic heterocycles. The smallest absolute Gasteiger partial charge is 0.246 e. The fourth-order valence-electron chi connectivity index (χ4n) is 3.27. The third-order valence-corrected chi connectivity index (χ3v) is 6.75. The van der Waals surface area contributed by atoms with Crippen molar-refractivity contribution in [2.45, 2.75) is 31.6 Å². The number of nitrogens with zero attached hydrogens (tertiary/aromatic N) is 2. The summed E-state index contributed by atoms with van der Waals surface area (Å²) in [6.45, 7) is 3.41. The Morgan fingerprint density at radius 3 is 2.56 bits per heavy atom. The van der Waals surface area contributed by atoms with E-state index < -0.39 is 39.2 Å². The Hall–Kier alpha value is -2.33. The molecule has 146 valence electrons. The molecule has 1 aliphatic heterocycles. The first-order valence-electron chi connectivity index (χ1n) is 8.48. The Kier molecular flexibility index (Phi) is 5.29. The molecule has 1 saturated heterocycles. The molecule has 1 fully saturated rings. The maximum absolute atomic E-state index is 13.7. The first-order valence-corrected chi connectivity index (χ1v) is 9.92. The minimum Gasteiger partial charge on any atom is -0.321 e. The second kappa shape index (κ2) is 7.35. The van der Waals surface area contributed by atoms with E-state index in [0.29, 0.717) is 24.2 Å². The quantitative estimate of drug-likeness (QED) is 0.826. The van der Waals surface area contributed by atoms with E-state index in [2.05, 4.69) is 15.5 Å². The molecule has 0 bridgehead atoms. The van der Waals surface area contributed by atoms with Crippen LogP contribution in [0.1, 0.15) is 24.2 Å². The monoisotopic (exact) mass is 398 g/mol. The number of carbonyl (C=O) groups excluding carboxylic acids is 1. The highest BCUT2D eigenvalue weighted by Gasteiger charge is 2.36. The topological polar surface area (TPSA) is 95.2 Å². The summed E-state index contributed by atoms with van der Waals surface area (Å²) in [4.78, 5) is 12.6. The molecule has 1 unspecified atom stereocenters. The number of H-pyrrole nitrogens is 1. The van der Waals surface area contributed by atoms with Crippen LogP contribution in [-0.4, -0.2) is 41.9 Å². The van der Waals surface area contributed by atoms with Gasteiger partial charge in [0, 0.05) is 13.1 Å². The van der Waals surface area contributed by atoms with Crippen molar-refractivity contribution in [1.82, 2.24) is 14.5 Å². The predicted octanol–water partition coefficient (Wildman–Crippen LogP) is 2.34. The second-order valence-corrected chi connectivity index (χ2v) is 8.43. The lowest BCUT2D eigenvalue weighted by atomic mass is 9.98. The minimum atomic E-state index is -3.82. The van der Waals surface area contributed by atoms with Gasteiger partial charge in [0.25, 0.3) is 0 Å². The first kappa shape index (κ1) is 19.4. The van der Waals surface area contributed by atoms with E-state index in [-0.39, 0.29) is 18.0 Å². The van der Waals surface area contributed by atoms with Crippen molar-refractivity contribution in [3.63, 3.8) is 0 Å². The molecule has 2 aromatic rings. The third-order valence-electron chi connectivity index (χ3n) is 4.62. The Morgan fingerprint density at radius 2 is 1.96 bits per heavy atom. The number of benzene rings is 1. The van der Waals surface area contributed by atoms with E-state index in [1.165, 1.54) is 10.4 Å². The number of aryl methyl sites for hydroxylation is 2. The molecule has 2 heterocycles. The van der Waals surface area contributed by atoms with Crippen LogP contribution in [0.5, 0.6) is 0 Å². The van der Waals surface area contributed by atoms with Gasteiger partial charge in [0.05, 0.1) is 17.3 Å². The van der Waals surface area contributed by atoms with Gasteiger partial charge < -0.3 is 5.32 Å². The summed E-state index contributed by atoms with van der Waals surface area (Å²) in [5, 5.41) is 8.80. The normalized spacial score (nSPS) is 18.4. The molecule has 3 rings (SSSR count). The SMILES string of the molecule is Cc1n[nH]c(C)c1S(=O)(=O)N1CCCC(C(=O)Nc2c(F)cccc2F)C1. The molecule has 1 amide bonds. The van der Waals surface area contributed by atoms with Crippen molar-refractivity contribution < 1.29 is 22.0 Å². The predicted molar refractivity (Wildman–Crippen MR) is 94.5 cm³/mol. The number of hydrogen-bond donors (Lipinski definition) is 2. The maximum Gasteiger partial charge on any atom is 0.246 e. The van der Waals surface area contributed by atoms with E-state index in [9.17, 15) is 22.0 Å². The summed E-state index contributed by atoms with van der Waals surface area (Å²) in [6, 6.07) is 3.28. The van der Waals surface area contributed by atoms with Crippen molar-refractivity contribution >= 4 is 21.6 Å². The number of aromatic nitrogens is 2. The number of aromatic amines is 1. The zero-order valence-electron chi connectivity index (χ0n) is 14.9. The number of carbonyl (C=O) groups is 1. The van der Waals surface area contributed by atoms with E-state index in [4.69, 9.17) is 0 Å². The van der Waals surface area contributed by atoms with Gasteiger partial charge in [0.1, 0.15) is 22.2 Å². The van der Waals surface area contributed by atoms with Crippen molar-refractivity contribution in [3.8, 4) is 0 Å². The standard InChI is InChI=1S/C17H20F2N4O3S/c1-10-16(11(2)22-21-10)27(25,26)23-8-4-5-12(9-23)17(24)20-15-13(18)6-3-7-14(15)19/h3,6-7,12H,4-5,8-9H2,1-2H3,(H,20,24)(H,21,22). The number of nitrogens with one attached hydrogen (secondary N) is 2. The van der Waals surface area contributed by atoms with Gasteiger partial charge >= 0.3 is 0 Å². The lowest BCUT2D eigenvalue weighted by molar-refractivity contribution is -0.120. The summed E-state index contributed by atoms with van der Waals surface area (Å²) >= 11 is 0. The van der Waals surface area contributed by atoms with E-state index in [1.54, 1.807) is 13.8 Å². The first-order chi connectivity index (χ1) is 12.7. The van der Waals surface area contributed by atoms with E-state index >= 15 is 0 Å². The van der Waals surface area contributed by atoms with Gasteiger partial charge in [-0.1, -0.05) is 6.07 Å². The number of rotatable bonds is 4. The molecule has 0 radical (unpaired) electrons. The molecule has 0 saturated carbocycles. The highest BCUT2D eigenvalue weighted by molar-refractivity contribution is 7.89. The summed E-state index contributed by atoms with van der Waals surface area (Å²) in [7, 11) is -3.82. The van der Waals surface area contributed by atoms with Gasteiger partial charge in [-0.15, -0.1) is 0 Å². The average Bonchev–Trinajstić information content (AvgIpc) is 2.97. The third kappa shape index (κ3) is 3.72. The van der Waals surface area contributed by atoms with Crippen molar-refractivity contribution in [2.24, 2.45) is 5.92 Å². The zero-order valence-corrected chi connectivity index (χ0v) is 15.7. The Balaban J connectivity index is 1.79. The zero-order chi connectivity index (χ0) is 19.8. The van der Waals surface area contributed by atoms with Crippen LogP contribution in [0.15, 0.2) is 23.1 Å². The van der Waals surface area contributed by atoms with Crippen molar-refractivity contribution in [2.75, 3.05) is 18.4 Å². The fourth-order valence-corrected chi connectivity index (χ4v) is 5.12. The summed E-state index contributed by atoms with van der Waals surface area (Å²) < 4.78 is 54.6. The molecule has 27 heavy (non-hydrogen) atoms. The fraction of sp³-hybridized carbons (Fsp3) is 0.412. The number of para-hydroxylation sites is 1. The molecule has 0 spiro atoms. The summed E-state index contributed by atoms with van der Waals surface area (Å²) in [5.41, 5.74) is 0.254. The lowest BCUT2D eigenvalue weighted by Gasteiger charge is -2.31. The molecule has 7 nitrogen and oxygen atoms in total. The number of sulfonamides is 1. The molecule has 0 aliphatic carbocycles. The molecular formula is C17H20F2N4O3S. The van der Waals surface area contributed by atoms with Crippen LogP contribution in [0.3, 0.4) is 0 Å². The van der Waals surface area contributed by atoms with Gasteiger partial charge in [0.15, 0.2) is 0 Å².